The molecule has 1 N–H and O–H groups in total. The van der Waals surface area contributed by atoms with E-state index in [2.05, 4.69) is 46.1 Å². The first kappa shape index (κ1) is 18.5. The Balaban J connectivity index is 1.59. The van der Waals surface area contributed by atoms with Crippen molar-refractivity contribution in [3.63, 3.8) is 0 Å². The van der Waals surface area contributed by atoms with Gasteiger partial charge >= 0.3 is 0 Å². The second-order valence-corrected chi connectivity index (χ2v) is 8.47. The Hall–Kier alpha value is -2.24. The fourth-order valence-corrected chi connectivity index (χ4v) is 3.62. The van der Waals surface area contributed by atoms with Crippen LogP contribution >= 0.6 is 0 Å². The van der Waals surface area contributed by atoms with E-state index in [9.17, 15) is 8.42 Å². The van der Waals surface area contributed by atoms with Crippen LogP contribution in [-0.2, 0) is 22.9 Å². The van der Waals surface area contributed by atoms with Crippen LogP contribution in [0.1, 0.15) is 30.2 Å². The fraction of sp³-hybridized carbons (Fsp3) is 0.286. The molecule has 2 aromatic carbocycles. The van der Waals surface area contributed by atoms with E-state index in [-0.39, 0.29) is 5.75 Å². The van der Waals surface area contributed by atoms with E-state index in [1.807, 2.05) is 24.4 Å². The highest BCUT2D eigenvalue weighted by molar-refractivity contribution is 7.89. The third-order valence-electron chi connectivity index (χ3n) is 4.49. The lowest BCUT2D eigenvalue weighted by Crippen LogP contribution is -2.26. The molecule has 0 spiro atoms. The number of sulfonamides is 1. The number of rotatable bonds is 8. The number of hydrogen-bond acceptors (Lipinski definition) is 3. The zero-order chi connectivity index (χ0) is 18.4. The summed E-state index contributed by atoms with van der Waals surface area (Å²) in [5, 5.41) is 2.41. The van der Waals surface area contributed by atoms with Crippen LogP contribution in [0.5, 0.6) is 0 Å². The molecule has 0 amide bonds. The van der Waals surface area contributed by atoms with Crippen LogP contribution in [0.3, 0.4) is 0 Å². The van der Waals surface area contributed by atoms with E-state index in [1.165, 1.54) is 21.9 Å². The summed E-state index contributed by atoms with van der Waals surface area (Å²) < 4.78 is 25.4. The van der Waals surface area contributed by atoms with Gasteiger partial charge in [-0.25, -0.2) is 13.1 Å². The summed E-state index contributed by atoms with van der Waals surface area (Å²) in [5.41, 5.74) is 3.53. The second-order valence-electron chi connectivity index (χ2n) is 6.37. The first-order valence-electron chi connectivity index (χ1n) is 8.95. The maximum absolute atomic E-state index is 11.4. The Morgan fingerprint density at radius 3 is 2.46 bits per heavy atom. The smallest absolute Gasteiger partial charge is 0.211 e. The van der Waals surface area contributed by atoms with Crippen molar-refractivity contribution in [3.8, 4) is 0 Å². The quantitative estimate of drug-likeness (QED) is 0.617. The van der Waals surface area contributed by atoms with Gasteiger partial charge in [-0.15, -0.1) is 0 Å². The Morgan fingerprint density at radius 2 is 1.69 bits per heavy atom. The van der Waals surface area contributed by atoms with E-state index in [0.29, 0.717) is 6.54 Å². The van der Waals surface area contributed by atoms with E-state index in [0.717, 1.165) is 25.0 Å². The van der Waals surface area contributed by atoms with Gasteiger partial charge in [0, 0.05) is 24.5 Å². The lowest BCUT2D eigenvalue weighted by molar-refractivity contribution is 0.580. The van der Waals surface area contributed by atoms with Crippen molar-refractivity contribution in [3.05, 3.63) is 77.6 Å². The lowest BCUT2D eigenvalue weighted by atomic mass is 10.0. The van der Waals surface area contributed by atoms with Gasteiger partial charge in [0.15, 0.2) is 0 Å². The third kappa shape index (κ3) is 4.90. The van der Waals surface area contributed by atoms with E-state index in [4.69, 9.17) is 0 Å². The molecule has 4 nitrogen and oxygen atoms in total. The minimum absolute atomic E-state index is 0.129. The van der Waals surface area contributed by atoms with Gasteiger partial charge in [-0.05, 0) is 42.3 Å². The number of pyridine rings is 1. The number of benzene rings is 2. The molecule has 0 aliphatic carbocycles. The molecule has 1 heterocycles. The van der Waals surface area contributed by atoms with Crippen molar-refractivity contribution in [1.82, 2.24) is 9.71 Å². The van der Waals surface area contributed by atoms with Crippen LogP contribution in [0.2, 0.25) is 0 Å². The Kier molecular flexibility index (Phi) is 6.01. The first-order chi connectivity index (χ1) is 12.6. The van der Waals surface area contributed by atoms with Gasteiger partial charge < -0.3 is 0 Å². The summed E-state index contributed by atoms with van der Waals surface area (Å²) in [7, 11) is -3.09. The van der Waals surface area contributed by atoms with Crippen LogP contribution in [0, 0.1) is 0 Å². The third-order valence-corrected chi connectivity index (χ3v) is 5.90. The summed E-state index contributed by atoms with van der Waals surface area (Å²) in [6.45, 7) is 2.13. The second kappa shape index (κ2) is 8.43. The molecule has 0 fully saturated rings. The van der Waals surface area contributed by atoms with Crippen molar-refractivity contribution in [2.75, 3.05) is 12.3 Å². The van der Waals surface area contributed by atoms with Crippen molar-refractivity contribution in [2.45, 2.75) is 26.2 Å². The van der Waals surface area contributed by atoms with Crippen LogP contribution < -0.4 is 4.72 Å². The van der Waals surface area contributed by atoms with Crippen LogP contribution in [0.25, 0.3) is 10.8 Å². The lowest BCUT2D eigenvalue weighted by Gasteiger charge is -2.07. The molecule has 1 aromatic heterocycles. The zero-order valence-corrected chi connectivity index (χ0v) is 15.8. The topological polar surface area (TPSA) is 59.1 Å². The highest BCUT2D eigenvalue weighted by atomic mass is 32.2. The van der Waals surface area contributed by atoms with E-state index in [1.54, 1.807) is 6.92 Å². The first-order valence-corrected chi connectivity index (χ1v) is 10.6. The number of aromatic nitrogens is 1. The van der Waals surface area contributed by atoms with Crippen molar-refractivity contribution < 1.29 is 8.42 Å². The van der Waals surface area contributed by atoms with Crippen LogP contribution in [0.4, 0.5) is 0 Å². The summed E-state index contributed by atoms with van der Waals surface area (Å²) in [6.07, 6.45) is 4.32. The van der Waals surface area contributed by atoms with Gasteiger partial charge in [-0.1, -0.05) is 48.5 Å². The van der Waals surface area contributed by atoms with Crippen molar-refractivity contribution >= 4 is 20.8 Å². The summed E-state index contributed by atoms with van der Waals surface area (Å²) in [5.74, 6) is 0.129. The predicted octanol–water partition coefficient (Wildman–Crippen LogP) is 3.70. The normalized spacial score (nSPS) is 11.7. The molecule has 0 saturated carbocycles. The zero-order valence-electron chi connectivity index (χ0n) is 15.0. The van der Waals surface area contributed by atoms with Gasteiger partial charge in [0.25, 0.3) is 0 Å². The van der Waals surface area contributed by atoms with Gasteiger partial charge in [0.05, 0.1) is 11.4 Å². The van der Waals surface area contributed by atoms with Crippen molar-refractivity contribution in [1.29, 1.82) is 0 Å². The monoisotopic (exact) mass is 368 g/mol. The molecule has 26 heavy (non-hydrogen) atoms. The number of aryl methyl sites for hydroxylation is 1. The molecular formula is C21H24N2O2S. The SMILES string of the molecule is CCS(=O)(=O)NCCCc1ccc(Cc2nccc3ccccc23)cc1. The number of hydrogen-bond donors (Lipinski definition) is 1. The molecule has 0 saturated heterocycles. The number of nitrogens with one attached hydrogen (secondary N) is 1. The summed E-state index contributed by atoms with van der Waals surface area (Å²) >= 11 is 0. The van der Waals surface area contributed by atoms with Crippen LogP contribution in [-0.4, -0.2) is 25.7 Å². The molecule has 3 aromatic rings. The fourth-order valence-electron chi connectivity index (χ4n) is 2.96. The molecule has 0 radical (unpaired) electrons. The van der Waals surface area contributed by atoms with Gasteiger partial charge in [0.2, 0.25) is 10.0 Å². The summed E-state index contributed by atoms with van der Waals surface area (Å²) in [6, 6.07) is 18.9. The molecule has 3 rings (SSSR count). The van der Waals surface area contributed by atoms with Gasteiger partial charge in [-0.3, -0.25) is 4.98 Å². The molecule has 0 bridgehead atoms. The molecule has 5 heteroatoms. The summed E-state index contributed by atoms with van der Waals surface area (Å²) in [4.78, 5) is 4.55. The average Bonchev–Trinajstić information content (AvgIpc) is 2.67. The van der Waals surface area contributed by atoms with Gasteiger partial charge in [-0.2, -0.15) is 0 Å². The maximum Gasteiger partial charge on any atom is 0.211 e. The molecular weight excluding hydrogens is 344 g/mol. The molecule has 0 atom stereocenters. The molecule has 0 aliphatic heterocycles. The maximum atomic E-state index is 11.4. The van der Waals surface area contributed by atoms with Crippen LogP contribution in [0.15, 0.2) is 60.8 Å². The Bertz CT molecular complexity index is 961. The van der Waals surface area contributed by atoms with E-state index >= 15 is 0 Å². The average molecular weight is 369 g/mol. The van der Waals surface area contributed by atoms with Crippen molar-refractivity contribution in [2.24, 2.45) is 0 Å². The standard InChI is InChI=1S/C21H24N2O2S/c1-2-26(24,25)23-14-5-6-17-9-11-18(12-10-17)16-21-20-8-4-3-7-19(20)13-15-22-21/h3-4,7-13,15,23H,2,5-6,14,16H2,1H3. The largest absolute Gasteiger partial charge is 0.260 e. The predicted molar refractivity (Wildman–Crippen MR) is 107 cm³/mol. The minimum atomic E-state index is -3.09. The minimum Gasteiger partial charge on any atom is -0.260 e. The molecule has 136 valence electrons. The van der Waals surface area contributed by atoms with E-state index < -0.39 is 10.0 Å². The molecule has 0 aliphatic rings. The highest BCUT2D eigenvalue weighted by Crippen LogP contribution is 2.19. The van der Waals surface area contributed by atoms with Gasteiger partial charge in [0.1, 0.15) is 0 Å². The highest BCUT2D eigenvalue weighted by Gasteiger charge is 2.06. The Morgan fingerprint density at radius 1 is 0.962 bits per heavy atom. The number of fused-ring (bicyclic) bond motifs is 1. The Labute approximate surface area is 155 Å². The molecule has 0 unspecified atom stereocenters. The number of nitrogens with zero attached hydrogens (tertiary/aromatic N) is 1.